The maximum absolute atomic E-state index is 12.7. The van der Waals surface area contributed by atoms with Crippen LogP contribution >= 0.6 is 0 Å². The van der Waals surface area contributed by atoms with Crippen LogP contribution in [0.5, 0.6) is 11.5 Å². The van der Waals surface area contributed by atoms with E-state index in [4.69, 9.17) is 23.7 Å². The molecule has 0 heterocycles. The van der Waals surface area contributed by atoms with E-state index in [9.17, 15) is 14.4 Å². The largest absolute Gasteiger partial charge is 0.498 e. The van der Waals surface area contributed by atoms with Crippen molar-refractivity contribution in [3.8, 4) is 11.5 Å². The summed E-state index contributed by atoms with van der Waals surface area (Å²) in [6, 6.07) is 13.8. The molecule has 0 aliphatic heterocycles. The molecule has 10 heteroatoms. The summed E-state index contributed by atoms with van der Waals surface area (Å²) in [7, 11) is 0. The fourth-order valence-corrected chi connectivity index (χ4v) is 4.20. The number of carbonyl (C=O) groups excluding carboxylic acids is 3. The van der Waals surface area contributed by atoms with E-state index < -0.39 is 17.9 Å². The van der Waals surface area contributed by atoms with E-state index in [1.165, 1.54) is 0 Å². The molecular formula is C40H48N2O8. The highest BCUT2D eigenvalue weighted by Crippen LogP contribution is 2.19. The highest BCUT2D eigenvalue weighted by molar-refractivity contribution is 5.91. The molecule has 0 saturated carbocycles. The van der Waals surface area contributed by atoms with Gasteiger partial charge in [-0.15, -0.1) is 0 Å². The van der Waals surface area contributed by atoms with Crippen molar-refractivity contribution < 1.29 is 38.1 Å². The summed E-state index contributed by atoms with van der Waals surface area (Å²) in [4.78, 5) is 36.4. The normalized spacial score (nSPS) is 12.8. The summed E-state index contributed by atoms with van der Waals surface area (Å²) in [5, 5.41) is 8.24. The first kappa shape index (κ1) is 40.7. The molecule has 0 aliphatic carbocycles. The third kappa shape index (κ3) is 15.6. The van der Waals surface area contributed by atoms with Crippen LogP contribution in [0, 0.1) is 0 Å². The summed E-state index contributed by atoms with van der Waals surface area (Å²) in [6.07, 6.45) is 12.1. The first-order chi connectivity index (χ1) is 24.1. The van der Waals surface area contributed by atoms with Crippen LogP contribution in [0.2, 0.25) is 0 Å². The predicted molar refractivity (Wildman–Crippen MR) is 196 cm³/mol. The van der Waals surface area contributed by atoms with Crippen molar-refractivity contribution >= 4 is 30.3 Å². The molecule has 0 saturated heterocycles. The van der Waals surface area contributed by atoms with Crippen molar-refractivity contribution in [2.24, 2.45) is 10.2 Å². The molecule has 0 unspecified atom stereocenters. The molecule has 0 amide bonds. The van der Waals surface area contributed by atoms with Crippen LogP contribution in [0.3, 0.4) is 0 Å². The van der Waals surface area contributed by atoms with Crippen LogP contribution in [0.25, 0.3) is 0 Å². The van der Waals surface area contributed by atoms with Crippen LogP contribution < -0.4 is 9.47 Å². The molecule has 10 nitrogen and oxygen atoms in total. The Kier molecular flexibility index (Phi) is 18.7. The second-order valence-corrected chi connectivity index (χ2v) is 10.9. The fraction of sp³-hybridized carbons (Fsp3) is 0.325. The molecule has 0 fully saturated rings. The zero-order chi connectivity index (χ0) is 36.7. The number of nitrogens with zero attached hydrogens (tertiary/aromatic N) is 2. The van der Waals surface area contributed by atoms with Gasteiger partial charge in [-0.2, -0.15) is 10.2 Å². The van der Waals surface area contributed by atoms with Gasteiger partial charge in [-0.1, -0.05) is 26.5 Å². The topological polar surface area (TPSA) is 122 Å². The van der Waals surface area contributed by atoms with Crippen LogP contribution in [-0.4, -0.2) is 50.2 Å². The number of hydrogen-bond acceptors (Lipinski definition) is 10. The monoisotopic (exact) mass is 684 g/mol. The van der Waals surface area contributed by atoms with Gasteiger partial charge in [-0.25, -0.2) is 14.4 Å². The Labute approximate surface area is 295 Å². The molecule has 2 aromatic carbocycles. The quantitative estimate of drug-likeness (QED) is 0.0199. The van der Waals surface area contributed by atoms with Crippen molar-refractivity contribution in [1.29, 1.82) is 0 Å². The fourth-order valence-electron chi connectivity index (χ4n) is 4.20. The van der Waals surface area contributed by atoms with E-state index in [0.29, 0.717) is 73.2 Å². The van der Waals surface area contributed by atoms with Gasteiger partial charge in [0, 0.05) is 18.1 Å². The van der Waals surface area contributed by atoms with E-state index in [0.717, 1.165) is 29.2 Å². The zero-order valence-corrected chi connectivity index (χ0v) is 29.9. The molecule has 2 aromatic rings. The lowest BCUT2D eigenvalue weighted by Crippen LogP contribution is -2.10. The third-order valence-corrected chi connectivity index (χ3v) is 6.89. The Morgan fingerprint density at radius 2 is 1.46 bits per heavy atom. The van der Waals surface area contributed by atoms with Gasteiger partial charge in [0.05, 0.1) is 43.6 Å². The number of unbranched alkanes of at least 4 members (excludes halogenated alkanes) is 1. The van der Waals surface area contributed by atoms with Crippen LogP contribution in [-0.2, 0) is 23.8 Å². The molecule has 0 aromatic heterocycles. The summed E-state index contributed by atoms with van der Waals surface area (Å²) in [5.41, 5.74) is 3.34. The number of carbonyl (C=O) groups is 3. The van der Waals surface area contributed by atoms with Crippen LogP contribution in [0.1, 0.15) is 83.1 Å². The second-order valence-electron chi connectivity index (χ2n) is 10.9. The van der Waals surface area contributed by atoms with E-state index in [1.54, 1.807) is 80.0 Å². The van der Waals surface area contributed by atoms with Crippen molar-refractivity contribution in [3.63, 3.8) is 0 Å². The van der Waals surface area contributed by atoms with E-state index >= 15 is 0 Å². The Hall–Kier alpha value is -5.51. The molecule has 0 N–H and O–H groups in total. The highest BCUT2D eigenvalue weighted by atomic mass is 16.5. The Bertz CT molecular complexity index is 1610. The Morgan fingerprint density at radius 3 is 2.08 bits per heavy atom. The van der Waals surface area contributed by atoms with Gasteiger partial charge in [0.1, 0.15) is 17.3 Å². The van der Waals surface area contributed by atoms with Crippen molar-refractivity contribution in [3.05, 3.63) is 119 Å². The first-order valence-electron chi connectivity index (χ1n) is 16.6. The molecule has 0 aliphatic rings. The standard InChI is InChI=1S/C40H48N2O8/c1-8-33(17-14-31(7)47-24-12-13-25-48-38(43)10-3)39(44)49-36-20-15-32(16-21-36)28-42-41-27-29(5)26-30(6)37(9-2)50-40(45)34-18-22-35(23-19-34)46-11-4/h10,14-23,26-28H,3,8-9,11-13,24-25H2,1-2,4-7H3/b29-26+,31-14+,33-17+,37-30+,41-27+,42-28+. The average Bonchev–Trinajstić information content (AvgIpc) is 3.11. The van der Waals surface area contributed by atoms with E-state index in [1.807, 2.05) is 40.7 Å². The summed E-state index contributed by atoms with van der Waals surface area (Å²) in [6.45, 7) is 16.0. The van der Waals surface area contributed by atoms with Gasteiger partial charge in [0.25, 0.3) is 0 Å². The molecule has 0 atom stereocenters. The lowest BCUT2D eigenvalue weighted by atomic mass is 10.1. The van der Waals surface area contributed by atoms with Gasteiger partial charge in [-0.3, -0.25) is 0 Å². The van der Waals surface area contributed by atoms with Crippen molar-refractivity contribution in [2.75, 3.05) is 19.8 Å². The molecule has 50 heavy (non-hydrogen) atoms. The molecular weight excluding hydrogens is 636 g/mol. The highest BCUT2D eigenvalue weighted by Gasteiger charge is 2.12. The summed E-state index contributed by atoms with van der Waals surface area (Å²) in [5.74, 6) is 1.01. The molecule has 0 spiro atoms. The maximum Gasteiger partial charge on any atom is 0.343 e. The average molecular weight is 685 g/mol. The van der Waals surface area contributed by atoms with E-state index in [-0.39, 0.29) is 0 Å². The minimum Gasteiger partial charge on any atom is -0.498 e. The van der Waals surface area contributed by atoms with Crippen molar-refractivity contribution in [1.82, 2.24) is 0 Å². The molecule has 2 rings (SSSR count). The summed E-state index contributed by atoms with van der Waals surface area (Å²) < 4.78 is 27.2. The van der Waals surface area contributed by atoms with Gasteiger partial charge in [-0.05, 0) is 124 Å². The SMILES string of the molecule is C=CC(=O)OCCCCO/C(C)=C/C=C(\CC)C(=O)Oc1ccc(/C=N/N=C/C(C)=C/C(C)=C(\CC)OC(=O)c2ccc(OCC)cc2)cc1. The third-order valence-electron chi connectivity index (χ3n) is 6.89. The Morgan fingerprint density at radius 1 is 0.800 bits per heavy atom. The number of allylic oxidation sites excluding steroid dienone is 7. The van der Waals surface area contributed by atoms with Gasteiger partial charge in [0.2, 0.25) is 0 Å². The predicted octanol–water partition coefficient (Wildman–Crippen LogP) is 8.65. The van der Waals surface area contributed by atoms with Gasteiger partial charge >= 0.3 is 17.9 Å². The number of esters is 3. The summed E-state index contributed by atoms with van der Waals surface area (Å²) >= 11 is 0. The van der Waals surface area contributed by atoms with Gasteiger partial charge < -0.3 is 23.7 Å². The lowest BCUT2D eigenvalue weighted by Gasteiger charge is -2.10. The lowest BCUT2D eigenvalue weighted by molar-refractivity contribution is -0.138. The smallest absolute Gasteiger partial charge is 0.343 e. The number of hydrogen-bond donors (Lipinski definition) is 0. The molecule has 266 valence electrons. The maximum atomic E-state index is 12.7. The number of ether oxygens (including phenoxy) is 5. The first-order valence-corrected chi connectivity index (χ1v) is 16.6. The van der Waals surface area contributed by atoms with Gasteiger partial charge in [0.15, 0.2) is 0 Å². The Balaban J connectivity index is 1.89. The van der Waals surface area contributed by atoms with Crippen LogP contribution in [0.15, 0.2) is 118 Å². The minimum absolute atomic E-state index is 0.315. The number of benzene rings is 2. The van der Waals surface area contributed by atoms with Crippen LogP contribution in [0.4, 0.5) is 0 Å². The van der Waals surface area contributed by atoms with E-state index in [2.05, 4.69) is 16.8 Å². The number of rotatable bonds is 20. The van der Waals surface area contributed by atoms with Crippen molar-refractivity contribution in [2.45, 2.75) is 67.2 Å². The molecule has 0 bridgehead atoms. The molecule has 0 radical (unpaired) electrons. The zero-order valence-electron chi connectivity index (χ0n) is 29.9. The minimum atomic E-state index is -0.449. The second kappa shape index (κ2) is 23.0.